The summed E-state index contributed by atoms with van der Waals surface area (Å²) in [5, 5.41) is 14.1. The van der Waals surface area contributed by atoms with Gasteiger partial charge in [-0.15, -0.1) is 0 Å². The van der Waals surface area contributed by atoms with Gasteiger partial charge in [-0.3, -0.25) is 9.59 Å². The fourth-order valence-corrected chi connectivity index (χ4v) is 1.71. The second-order valence-electron chi connectivity index (χ2n) is 4.77. The standard InChI is InChI=1S/C11H19N3O5/c1-11(9(16)17)6-19-5-7(11)13-10(18)14(3)4-8(15)12-2/h7H,4-6H2,1-3H3,(H,12,15)(H,13,18)(H,16,17). The molecule has 0 radical (unpaired) electrons. The summed E-state index contributed by atoms with van der Waals surface area (Å²) in [6.45, 7) is 1.61. The summed E-state index contributed by atoms with van der Waals surface area (Å²) >= 11 is 0. The fourth-order valence-electron chi connectivity index (χ4n) is 1.71. The Morgan fingerprint density at radius 1 is 1.47 bits per heavy atom. The lowest BCUT2D eigenvalue weighted by Crippen LogP contribution is -2.53. The zero-order chi connectivity index (χ0) is 14.6. The molecule has 108 valence electrons. The Morgan fingerprint density at radius 2 is 2.11 bits per heavy atom. The van der Waals surface area contributed by atoms with Crippen LogP contribution in [0.25, 0.3) is 0 Å². The van der Waals surface area contributed by atoms with Crippen molar-refractivity contribution in [3.63, 3.8) is 0 Å². The van der Waals surface area contributed by atoms with E-state index < -0.39 is 23.5 Å². The molecule has 2 unspecified atom stereocenters. The first-order chi connectivity index (χ1) is 8.81. The van der Waals surface area contributed by atoms with E-state index in [1.165, 1.54) is 25.9 Å². The number of carboxylic acids is 1. The summed E-state index contributed by atoms with van der Waals surface area (Å²) in [6.07, 6.45) is 0. The van der Waals surface area contributed by atoms with Crippen molar-refractivity contribution in [2.24, 2.45) is 5.41 Å². The van der Waals surface area contributed by atoms with Crippen LogP contribution in [0.4, 0.5) is 4.79 Å². The van der Waals surface area contributed by atoms with Gasteiger partial charge in [-0.1, -0.05) is 0 Å². The lowest BCUT2D eigenvalue weighted by atomic mass is 9.85. The first kappa shape index (κ1) is 15.2. The van der Waals surface area contributed by atoms with Crippen LogP contribution >= 0.6 is 0 Å². The monoisotopic (exact) mass is 273 g/mol. The number of likely N-dealkylation sites (N-methyl/N-ethyl adjacent to an activating group) is 2. The molecule has 1 aliphatic rings. The van der Waals surface area contributed by atoms with E-state index in [0.717, 1.165) is 0 Å². The summed E-state index contributed by atoms with van der Waals surface area (Å²) in [5.41, 5.74) is -1.15. The predicted octanol–water partition coefficient (Wildman–Crippen LogP) is -1.14. The molecule has 0 aromatic heterocycles. The fraction of sp³-hybridized carbons (Fsp3) is 0.727. The normalized spacial score (nSPS) is 25.7. The quantitative estimate of drug-likeness (QED) is 0.600. The summed E-state index contributed by atoms with van der Waals surface area (Å²) in [7, 11) is 2.93. The second-order valence-corrected chi connectivity index (χ2v) is 4.77. The van der Waals surface area contributed by atoms with Gasteiger partial charge in [-0.25, -0.2) is 4.79 Å². The minimum Gasteiger partial charge on any atom is -0.481 e. The number of carboxylic acid groups (broad SMARTS) is 1. The number of amides is 3. The highest BCUT2D eigenvalue weighted by atomic mass is 16.5. The second kappa shape index (κ2) is 5.87. The molecule has 0 aliphatic carbocycles. The van der Waals surface area contributed by atoms with Crippen LogP contribution in [0, 0.1) is 5.41 Å². The van der Waals surface area contributed by atoms with E-state index in [-0.39, 0.29) is 25.7 Å². The third-order valence-corrected chi connectivity index (χ3v) is 3.25. The summed E-state index contributed by atoms with van der Waals surface area (Å²) in [5.74, 6) is -1.33. The topological polar surface area (TPSA) is 108 Å². The van der Waals surface area contributed by atoms with Crippen LogP contribution in [0.1, 0.15) is 6.92 Å². The molecule has 0 aromatic carbocycles. The molecule has 0 saturated carbocycles. The van der Waals surface area contributed by atoms with Crippen molar-refractivity contribution in [2.75, 3.05) is 33.9 Å². The van der Waals surface area contributed by atoms with Gasteiger partial charge in [-0.05, 0) is 6.92 Å². The summed E-state index contributed by atoms with van der Waals surface area (Å²) in [6, 6.07) is -1.13. The van der Waals surface area contributed by atoms with Gasteiger partial charge in [0.2, 0.25) is 5.91 Å². The van der Waals surface area contributed by atoms with Crippen LogP contribution in [0.3, 0.4) is 0 Å². The number of hydrogen-bond donors (Lipinski definition) is 3. The maximum absolute atomic E-state index is 11.8. The molecule has 1 heterocycles. The Balaban J connectivity index is 2.61. The van der Waals surface area contributed by atoms with Crippen LogP contribution in [-0.4, -0.2) is 67.8 Å². The Bertz CT molecular complexity index is 387. The van der Waals surface area contributed by atoms with Crippen molar-refractivity contribution in [2.45, 2.75) is 13.0 Å². The molecule has 0 bridgehead atoms. The lowest BCUT2D eigenvalue weighted by molar-refractivity contribution is -0.148. The highest BCUT2D eigenvalue weighted by Crippen LogP contribution is 2.28. The summed E-state index contributed by atoms with van der Waals surface area (Å²) < 4.78 is 5.12. The van der Waals surface area contributed by atoms with E-state index in [2.05, 4.69) is 10.6 Å². The maximum atomic E-state index is 11.8. The van der Waals surface area contributed by atoms with Crippen molar-refractivity contribution in [1.29, 1.82) is 0 Å². The minimum absolute atomic E-state index is 0.0481. The van der Waals surface area contributed by atoms with E-state index >= 15 is 0 Å². The summed E-state index contributed by atoms with van der Waals surface area (Å²) in [4.78, 5) is 35.4. The minimum atomic E-state index is -1.15. The highest BCUT2D eigenvalue weighted by molar-refractivity contribution is 5.84. The van der Waals surface area contributed by atoms with Gasteiger partial charge < -0.3 is 25.4 Å². The largest absolute Gasteiger partial charge is 0.481 e. The van der Waals surface area contributed by atoms with Crippen LogP contribution in [0.5, 0.6) is 0 Å². The van der Waals surface area contributed by atoms with Crippen LogP contribution in [-0.2, 0) is 14.3 Å². The zero-order valence-electron chi connectivity index (χ0n) is 11.2. The van der Waals surface area contributed by atoms with Crippen molar-refractivity contribution in [3.05, 3.63) is 0 Å². The number of carbonyl (C=O) groups is 3. The SMILES string of the molecule is CNC(=O)CN(C)C(=O)NC1COCC1(C)C(=O)O. The van der Waals surface area contributed by atoms with Gasteiger partial charge in [0.05, 0.1) is 19.3 Å². The molecule has 8 heteroatoms. The number of rotatable bonds is 4. The highest BCUT2D eigenvalue weighted by Gasteiger charge is 2.47. The maximum Gasteiger partial charge on any atom is 0.317 e. The van der Waals surface area contributed by atoms with E-state index in [1.807, 2.05) is 0 Å². The van der Waals surface area contributed by atoms with Gasteiger partial charge >= 0.3 is 12.0 Å². The van der Waals surface area contributed by atoms with E-state index in [4.69, 9.17) is 9.84 Å². The molecule has 0 aromatic rings. The molecule has 8 nitrogen and oxygen atoms in total. The number of nitrogens with zero attached hydrogens (tertiary/aromatic N) is 1. The number of nitrogens with one attached hydrogen (secondary N) is 2. The third-order valence-electron chi connectivity index (χ3n) is 3.25. The molecule has 1 fully saturated rings. The van der Waals surface area contributed by atoms with Gasteiger partial charge in [0.15, 0.2) is 0 Å². The van der Waals surface area contributed by atoms with E-state index in [9.17, 15) is 14.4 Å². The Labute approximate surface area is 111 Å². The number of ether oxygens (including phenoxy) is 1. The molecule has 1 rings (SSSR count). The molecular formula is C11H19N3O5. The zero-order valence-corrected chi connectivity index (χ0v) is 11.2. The molecule has 1 saturated heterocycles. The van der Waals surface area contributed by atoms with E-state index in [0.29, 0.717) is 0 Å². The van der Waals surface area contributed by atoms with Crippen LogP contribution in [0.15, 0.2) is 0 Å². The number of carbonyl (C=O) groups excluding carboxylic acids is 2. The first-order valence-electron chi connectivity index (χ1n) is 5.84. The number of urea groups is 1. The first-order valence-corrected chi connectivity index (χ1v) is 5.84. The Morgan fingerprint density at radius 3 is 2.63 bits per heavy atom. The van der Waals surface area contributed by atoms with Gasteiger partial charge in [0.1, 0.15) is 12.0 Å². The van der Waals surface area contributed by atoms with Crippen molar-refractivity contribution in [1.82, 2.24) is 15.5 Å². The third kappa shape index (κ3) is 3.34. The van der Waals surface area contributed by atoms with Gasteiger partial charge in [-0.2, -0.15) is 0 Å². The molecule has 2 atom stereocenters. The van der Waals surface area contributed by atoms with Crippen molar-refractivity contribution >= 4 is 17.9 Å². The molecule has 1 aliphatic heterocycles. The molecule has 3 N–H and O–H groups in total. The van der Waals surface area contributed by atoms with Crippen LogP contribution < -0.4 is 10.6 Å². The number of aliphatic carboxylic acids is 1. The van der Waals surface area contributed by atoms with Crippen molar-refractivity contribution in [3.8, 4) is 0 Å². The van der Waals surface area contributed by atoms with Crippen LogP contribution in [0.2, 0.25) is 0 Å². The average Bonchev–Trinajstić information content (AvgIpc) is 2.72. The van der Waals surface area contributed by atoms with E-state index in [1.54, 1.807) is 0 Å². The van der Waals surface area contributed by atoms with Gasteiger partial charge in [0.25, 0.3) is 0 Å². The van der Waals surface area contributed by atoms with Gasteiger partial charge in [0, 0.05) is 14.1 Å². The molecule has 3 amide bonds. The lowest BCUT2D eigenvalue weighted by Gasteiger charge is -2.27. The van der Waals surface area contributed by atoms with Crippen molar-refractivity contribution < 1.29 is 24.2 Å². The smallest absolute Gasteiger partial charge is 0.317 e. The average molecular weight is 273 g/mol. The Hall–Kier alpha value is -1.83. The predicted molar refractivity (Wildman–Crippen MR) is 65.6 cm³/mol. The molecule has 0 spiro atoms. The molecular weight excluding hydrogens is 254 g/mol. The molecule has 19 heavy (non-hydrogen) atoms. The number of hydrogen-bond acceptors (Lipinski definition) is 4. The Kier molecular flexibility index (Phi) is 4.71.